The fraction of sp³-hybridized carbons (Fsp3) is 0.118. The zero-order valence-corrected chi connectivity index (χ0v) is 17.4. The van der Waals surface area contributed by atoms with E-state index in [9.17, 15) is 26.9 Å². The van der Waals surface area contributed by atoms with Crippen LogP contribution in [-0.4, -0.2) is 24.9 Å². The van der Waals surface area contributed by atoms with Gasteiger partial charge in [0.15, 0.2) is 0 Å². The first kappa shape index (κ1) is 21.9. The third kappa shape index (κ3) is 4.84. The van der Waals surface area contributed by atoms with Crippen molar-refractivity contribution in [1.29, 1.82) is 5.26 Å². The Morgan fingerprint density at radius 3 is 2.53 bits per heavy atom. The molecule has 0 saturated carbocycles. The van der Waals surface area contributed by atoms with Gasteiger partial charge in [-0.3, -0.25) is 4.72 Å². The van der Waals surface area contributed by atoms with Gasteiger partial charge in [0, 0.05) is 16.4 Å². The molecule has 0 fully saturated rings. The molecule has 3 aromatic rings. The van der Waals surface area contributed by atoms with Crippen LogP contribution >= 0.6 is 23.3 Å². The zero-order chi connectivity index (χ0) is 21.9. The molecule has 1 aromatic heterocycles. The Morgan fingerprint density at radius 2 is 1.93 bits per heavy atom. The summed E-state index contributed by atoms with van der Waals surface area (Å²) in [4.78, 5) is 4.26. The van der Waals surface area contributed by atoms with Gasteiger partial charge in [-0.1, -0.05) is 11.8 Å². The first-order valence-electron chi connectivity index (χ1n) is 7.91. The minimum absolute atomic E-state index is 0.0200. The summed E-state index contributed by atoms with van der Waals surface area (Å²) in [6.45, 7) is 0. The Labute approximate surface area is 177 Å². The van der Waals surface area contributed by atoms with Crippen molar-refractivity contribution in [1.82, 2.24) is 9.36 Å². The fourth-order valence-electron chi connectivity index (χ4n) is 2.29. The third-order valence-electron chi connectivity index (χ3n) is 3.68. The number of aromatic nitrogens is 2. The van der Waals surface area contributed by atoms with Crippen molar-refractivity contribution < 1.29 is 26.3 Å². The summed E-state index contributed by atoms with van der Waals surface area (Å²) in [5.41, 5.74) is -0.838. The maximum absolute atomic E-state index is 12.9. The Morgan fingerprint density at radius 1 is 1.20 bits per heavy atom. The van der Waals surface area contributed by atoms with Crippen molar-refractivity contribution in [3.8, 4) is 11.8 Å². The van der Waals surface area contributed by atoms with Gasteiger partial charge in [-0.15, -0.1) is 0 Å². The Balaban J connectivity index is 1.92. The minimum atomic E-state index is -4.52. The van der Waals surface area contributed by atoms with E-state index in [-0.39, 0.29) is 21.3 Å². The van der Waals surface area contributed by atoms with Gasteiger partial charge in [0.2, 0.25) is 5.13 Å². The molecule has 1 N–H and O–H groups in total. The predicted octanol–water partition coefficient (Wildman–Crippen LogP) is 4.39. The third-order valence-corrected chi connectivity index (χ3v) is 6.85. The van der Waals surface area contributed by atoms with E-state index in [1.165, 1.54) is 37.7 Å². The maximum atomic E-state index is 12.9. The van der Waals surface area contributed by atoms with Crippen molar-refractivity contribution in [2.45, 2.75) is 20.9 Å². The highest BCUT2D eigenvalue weighted by Gasteiger charge is 2.31. The van der Waals surface area contributed by atoms with Crippen LogP contribution in [0.1, 0.15) is 11.1 Å². The first-order valence-corrected chi connectivity index (χ1v) is 11.0. The molecular weight excluding hydrogens is 461 g/mol. The summed E-state index contributed by atoms with van der Waals surface area (Å²) in [5.74, 6) is -0.0200. The van der Waals surface area contributed by atoms with Gasteiger partial charge in [0.1, 0.15) is 18.1 Å². The minimum Gasteiger partial charge on any atom is -0.496 e. The molecule has 156 valence electrons. The average molecular weight is 472 g/mol. The van der Waals surface area contributed by atoms with Gasteiger partial charge in [0.25, 0.3) is 10.0 Å². The number of hydrogen-bond acceptors (Lipinski definition) is 8. The van der Waals surface area contributed by atoms with Crippen LogP contribution in [0.15, 0.2) is 57.4 Å². The lowest BCUT2D eigenvalue weighted by Crippen LogP contribution is -2.13. The van der Waals surface area contributed by atoms with Crippen LogP contribution in [-0.2, 0) is 16.2 Å². The molecule has 1 heterocycles. The SMILES string of the molecule is COc1cc(C(F)(F)F)ccc1Sc1ccc(S(=O)(=O)Nc2ncns2)cc1C#N. The fourth-order valence-corrected chi connectivity index (χ4v) is 4.94. The highest BCUT2D eigenvalue weighted by Crippen LogP contribution is 2.40. The molecule has 0 bridgehead atoms. The highest BCUT2D eigenvalue weighted by atomic mass is 32.2. The quantitative estimate of drug-likeness (QED) is 0.567. The number of nitrogens with one attached hydrogen (secondary N) is 1. The number of rotatable bonds is 6. The molecular formula is C17H11F3N4O3S3. The molecule has 0 aliphatic heterocycles. The monoisotopic (exact) mass is 472 g/mol. The van der Waals surface area contributed by atoms with Crippen LogP contribution in [0.2, 0.25) is 0 Å². The lowest BCUT2D eigenvalue weighted by Gasteiger charge is -2.13. The normalized spacial score (nSPS) is 11.7. The molecule has 30 heavy (non-hydrogen) atoms. The molecule has 7 nitrogen and oxygen atoms in total. The van der Waals surface area contributed by atoms with Gasteiger partial charge in [-0.2, -0.15) is 22.8 Å². The number of halogens is 3. The van der Waals surface area contributed by atoms with E-state index in [0.717, 1.165) is 35.4 Å². The second-order valence-electron chi connectivity index (χ2n) is 5.59. The van der Waals surface area contributed by atoms with E-state index in [0.29, 0.717) is 9.79 Å². The van der Waals surface area contributed by atoms with E-state index >= 15 is 0 Å². The molecule has 0 aliphatic carbocycles. The standard InChI is InChI=1S/C17H11F3N4O3S3/c1-27-13-7-11(17(18,19)20)2-4-15(13)28-14-5-3-12(6-10(14)8-21)30(25,26)24-16-22-9-23-29-16/h2-7,9H,1H3,(H,22,23,24). The number of methoxy groups -OCH3 is 1. The molecule has 0 atom stereocenters. The van der Waals surface area contributed by atoms with E-state index in [1.807, 2.05) is 6.07 Å². The number of ether oxygens (including phenoxy) is 1. The molecule has 0 saturated heterocycles. The highest BCUT2D eigenvalue weighted by molar-refractivity contribution is 7.99. The zero-order valence-electron chi connectivity index (χ0n) is 15.0. The predicted molar refractivity (Wildman–Crippen MR) is 104 cm³/mol. The van der Waals surface area contributed by atoms with Crippen LogP contribution in [0, 0.1) is 11.3 Å². The summed E-state index contributed by atoms with van der Waals surface area (Å²) in [5, 5.41) is 9.51. The van der Waals surface area contributed by atoms with Crippen LogP contribution in [0.5, 0.6) is 5.75 Å². The summed E-state index contributed by atoms with van der Waals surface area (Å²) >= 11 is 1.84. The van der Waals surface area contributed by atoms with Gasteiger partial charge in [-0.05, 0) is 36.4 Å². The topological polar surface area (TPSA) is 105 Å². The smallest absolute Gasteiger partial charge is 0.416 e. The molecule has 0 aliphatic rings. The van der Waals surface area contributed by atoms with Crippen LogP contribution in [0.3, 0.4) is 0 Å². The molecule has 0 amide bonds. The second-order valence-corrected chi connectivity index (χ2v) is 9.13. The van der Waals surface area contributed by atoms with E-state index in [4.69, 9.17) is 4.74 Å². The van der Waals surface area contributed by atoms with Crippen molar-refractivity contribution in [2.75, 3.05) is 11.8 Å². The number of nitrogens with zero attached hydrogens (tertiary/aromatic N) is 3. The van der Waals surface area contributed by atoms with E-state index in [2.05, 4.69) is 14.1 Å². The Bertz CT molecular complexity index is 1210. The molecule has 2 aromatic carbocycles. The van der Waals surface area contributed by atoms with Gasteiger partial charge in [0.05, 0.1) is 28.0 Å². The summed E-state index contributed by atoms with van der Waals surface area (Å²) < 4.78 is 74.6. The summed E-state index contributed by atoms with van der Waals surface area (Å²) in [7, 11) is -2.76. The second kappa shape index (κ2) is 8.50. The van der Waals surface area contributed by atoms with Crippen molar-refractivity contribution in [3.05, 3.63) is 53.9 Å². The summed E-state index contributed by atoms with van der Waals surface area (Å²) in [6, 6.07) is 8.74. The average Bonchev–Trinajstić information content (AvgIpc) is 3.19. The number of anilines is 1. The molecule has 3 rings (SSSR count). The lowest BCUT2D eigenvalue weighted by atomic mass is 10.2. The Hall–Kier alpha value is -2.82. The summed E-state index contributed by atoms with van der Waals surface area (Å²) in [6.07, 6.45) is -3.33. The molecule has 0 spiro atoms. The van der Waals surface area contributed by atoms with Crippen LogP contribution in [0.4, 0.5) is 18.3 Å². The van der Waals surface area contributed by atoms with E-state index < -0.39 is 21.8 Å². The molecule has 13 heteroatoms. The van der Waals surface area contributed by atoms with Crippen molar-refractivity contribution >= 4 is 38.4 Å². The van der Waals surface area contributed by atoms with E-state index in [1.54, 1.807) is 0 Å². The van der Waals surface area contributed by atoms with Crippen molar-refractivity contribution in [3.63, 3.8) is 0 Å². The first-order chi connectivity index (χ1) is 14.1. The van der Waals surface area contributed by atoms with Gasteiger partial charge >= 0.3 is 6.18 Å². The van der Waals surface area contributed by atoms with Crippen LogP contribution < -0.4 is 9.46 Å². The number of sulfonamides is 1. The number of alkyl halides is 3. The van der Waals surface area contributed by atoms with Gasteiger partial charge in [-0.25, -0.2) is 13.4 Å². The Kier molecular flexibility index (Phi) is 6.20. The maximum Gasteiger partial charge on any atom is 0.416 e. The van der Waals surface area contributed by atoms with Crippen LogP contribution in [0.25, 0.3) is 0 Å². The number of nitriles is 1. The largest absolute Gasteiger partial charge is 0.496 e. The molecule has 0 unspecified atom stereocenters. The molecule has 0 radical (unpaired) electrons. The lowest BCUT2D eigenvalue weighted by molar-refractivity contribution is -0.137. The number of benzene rings is 2. The van der Waals surface area contributed by atoms with Crippen molar-refractivity contribution in [2.24, 2.45) is 0 Å². The van der Waals surface area contributed by atoms with Gasteiger partial charge < -0.3 is 4.74 Å². The number of hydrogen-bond donors (Lipinski definition) is 1.